The van der Waals surface area contributed by atoms with Gasteiger partial charge >= 0.3 is 0 Å². The van der Waals surface area contributed by atoms with Gasteiger partial charge < -0.3 is 5.32 Å². The molecule has 11 heteroatoms. The smallest absolute Gasteiger partial charge is 0.269 e. The van der Waals surface area contributed by atoms with Gasteiger partial charge in [-0.15, -0.1) is 11.3 Å². The normalized spacial score (nSPS) is 16.3. The lowest BCUT2D eigenvalue weighted by Crippen LogP contribution is -2.42. The van der Waals surface area contributed by atoms with Gasteiger partial charge in [-0.25, -0.2) is 9.89 Å². The summed E-state index contributed by atoms with van der Waals surface area (Å²) in [6, 6.07) is 16.8. The zero-order valence-electron chi connectivity index (χ0n) is 18.3. The van der Waals surface area contributed by atoms with Crippen molar-refractivity contribution in [2.24, 2.45) is 9.98 Å². The Morgan fingerprint density at radius 3 is 2.83 bits per heavy atom. The number of benzene rings is 2. The third-order valence-corrected chi connectivity index (χ3v) is 7.34. The van der Waals surface area contributed by atoms with Gasteiger partial charge in [0, 0.05) is 28.3 Å². The summed E-state index contributed by atoms with van der Waals surface area (Å²) >= 11 is 2.85. The number of nitro groups is 1. The molecule has 9 nitrogen and oxygen atoms in total. The summed E-state index contributed by atoms with van der Waals surface area (Å²) in [5, 5.41) is 16.3. The molecule has 0 spiro atoms. The summed E-state index contributed by atoms with van der Waals surface area (Å²) in [5.41, 5.74) is 2.15. The summed E-state index contributed by atoms with van der Waals surface area (Å²) < 4.78 is 0. The van der Waals surface area contributed by atoms with Gasteiger partial charge in [-0.2, -0.15) is 0 Å². The maximum Gasteiger partial charge on any atom is 0.269 e. The molecule has 0 saturated heterocycles. The Balaban J connectivity index is 1.35. The molecule has 5 rings (SSSR count). The molecule has 1 unspecified atom stereocenters. The average molecular weight is 506 g/mol. The van der Waals surface area contributed by atoms with E-state index in [1.54, 1.807) is 23.5 Å². The Kier molecular flexibility index (Phi) is 6.43. The van der Waals surface area contributed by atoms with Crippen LogP contribution in [-0.2, 0) is 21.9 Å². The number of fused-ring (bicyclic) bond motifs is 3. The highest BCUT2D eigenvalue weighted by Crippen LogP contribution is 2.35. The minimum absolute atomic E-state index is 0.00662. The van der Waals surface area contributed by atoms with E-state index in [0.717, 1.165) is 16.0 Å². The molecular weight excluding hydrogens is 486 g/mol. The van der Waals surface area contributed by atoms with Crippen LogP contribution in [0, 0.1) is 10.1 Å². The van der Waals surface area contributed by atoms with E-state index >= 15 is 0 Å². The second-order valence-electron chi connectivity index (χ2n) is 7.83. The van der Waals surface area contributed by atoms with E-state index < -0.39 is 11.0 Å². The molecule has 0 aliphatic carbocycles. The van der Waals surface area contributed by atoms with Crippen molar-refractivity contribution in [2.75, 3.05) is 0 Å². The van der Waals surface area contributed by atoms with Crippen molar-refractivity contribution < 1.29 is 14.5 Å². The number of amides is 2. The number of rotatable bonds is 7. The number of amidine groups is 2. The third-order valence-electron chi connectivity index (χ3n) is 5.46. The molecule has 2 aromatic carbocycles. The monoisotopic (exact) mass is 505 g/mol. The molecule has 3 heterocycles. The van der Waals surface area contributed by atoms with Gasteiger partial charge in [-0.05, 0) is 29.1 Å². The molecule has 2 aliphatic heterocycles. The van der Waals surface area contributed by atoms with Crippen LogP contribution in [0.15, 0.2) is 76.0 Å². The highest BCUT2D eigenvalue weighted by atomic mass is 32.2. The van der Waals surface area contributed by atoms with E-state index in [9.17, 15) is 19.7 Å². The Hall–Kier alpha value is -3.83. The van der Waals surface area contributed by atoms with Crippen LogP contribution in [-0.4, -0.2) is 38.7 Å². The minimum Gasteiger partial charge on any atom is -0.351 e. The summed E-state index contributed by atoms with van der Waals surface area (Å²) in [6.07, 6.45) is -0.0603. The second-order valence-corrected chi connectivity index (χ2v) is 9.80. The van der Waals surface area contributed by atoms with E-state index in [1.807, 2.05) is 41.8 Å². The molecule has 176 valence electrons. The van der Waals surface area contributed by atoms with Crippen LogP contribution in [0.1, 0.15) is 22.4 Å². The maximum absolute atomic E-state index is 13.3. The first-order valence-corrected chi connectivity index (χ1v) is 12.6. The minimum atomic E-state index is -0.844. The van der Waals surface area contributed by atoms with E-state index in [2.05, 4.69) is 15.3 Å². The average Bonchev–Trinajstić information content (AvgIpc) is 3.50. The number of nitrogens with zero attached hydrogens (tertiary/aromatic N) is 4. The Labute approximate surface area is 208 Å². The number of thiophene rings is 1. The molecule has 0 bridgehead atoms. The van der Waals surface area contributed by atoms with E-state index in [1.165, 1.54) is 28.8 Å². The lowest BCUT2D eigenvalue weighted by Gasteiger charge is -2.25. The SMILES string of the molecule is O=C(CC1N=C2c3ccccc3N=C(SCc3cccc([N+](=O)[O-])c3)N2C1=O)NCc1cccs1. The Bertz CT molecular complexity index is 1370. The topological polar surface area (TPSA) is 117 Å². The molecule has 1 atom stereocenters. The van der Waals surface area contributed by atoms with Crippen LogP contribution < -0.4 is 5.32 Å². The summed E-state index contributed by atoms with van der Waals surface area (Å²) in [5.74, 6) is 0.285. The van der Waals surface area contributed by atoms with Gasteiger partial charge in [0.25, 0.3) is 11.6 Å². The van der Waals surface area contributed by atoms with Gasteiger partial charge in [-0.3, -0.25) is 24.7 Å². The van der Waals surface area contributed by atoms with Crippen LogP contribution in [0.3, 0.4) is 0 Å². The fraction of sp³-hybridized carbons (Fsp3) is 0.167. The Morgan fingerprint density at radius 1 is 1.17 bits per heavy atom. The lowest BCUT2D eigenvalue weighted by molar-refractivity contribution is -0.384. The molecule has 35 heavy (non-hydrogen) atoms. The third kappa shape index (κ3) is 4.86. The first-order chi connectivity index (χ1) is 17.0. The number of non-ortho nitro benzene ring substituents is 1. The van der Waals surface area contributed by atoms with Crippen molar-refractivity contribution in [3.8, 4) is 0 Å². The van der Waals surface area contributed by atoms with Crippen LogP contribution in [0.4, 0.5) is 11.4 Å². The number of para-hydroxylation sites is 1. The number of hydrogen-bond donors (Lipinski definition) is 1. The molecule has 3 aromatic rings. The summed E-state index contributed by atoms with van der Waals surface area (Å²) in [6.45, 7) is 0.409. The highest BCUT2D eigenvalue weighted by Gasteiger charge is 2.42. The molecule has 0 radical (unpaired) electrons. The van der Waals surface area contributed by atoms with Gasteiger partial charge in [0.15, 0.2) is 5.17 Å². The van der Waals surface area contributed by atoms with E-state index in [-0.39, 0.29) is 23.9 Å². The molecule has 2 amide bonds. The predicted octanol–water partition coefficient (Wildman–Crippen LogP) is 4.25. The molecule has 2 aliphatic rings. The lowest BCUT2D eigenvalue weighted by atomic mass is 10.1. The Morgan fingerprint density at radius 2 is 2.03 bits per heavy atom. The zero-order valence-corrected chi connectivity index (χ0v) is 19.9. The van der Waals surface area contributed by atoms with E-state index in [4.69, 9.17) is 0 Å². The fourth-order valence-corrected chi connectivity index (χ4v) is 5.37. The standard InChI is InChI=1S/C24H19N5O4S2/c30-21(25-13-17-7-4-10-34-17)12-20-23(31)28-22(26-20)18-8-1-2-9-19(18)27-24(28)35-14-15-5-3-6-16(11-15)29(32)33/h1-11,20H,12-14H2,(H,25,30). The molecule has 0 saturated carbocycles. The van der Waals surface area contributed by atoms with Crippen molar-refractivity contribution >= 4 is 57.3 Å². The van der Waals surface area contributed by atoms with Crippen molar-refractivity contribution in [3.63, 3.8) is 0 Å². The van der Waals surface area contributed by atoms with Crippen LogP contribution in [0.25, 0.3) is 0 Å². The molecule has 1 aromatic heterocycles. The number of hydrogen-bond acceptors (Lipinski definition) is 8. The number of aliphatic imine (C=N–C) groups is 2. The van der Waals surface area contributed by atoms with Gasteiger partial charge in [0.2, 0.25) is 5.91 Å². The highest BCUT2D eigenvalue weighted by molar-refractivity contribution is 8.13. The largest absolute Gasteiger partial charge is 0.351 e. The molecule has 0 fully saturated rings. The molecular formula is C24H19N5O4S2. The van der Waals surface area contributed by atoms with Crippen molar-refractivity contribution in [1.82, 2.24) is 10.2 Å². The van der Waals surface area contributed by atoms with Crippen molar-refractivity contribution in [2.45, 2.75) is 24.8 Å². The van der Waals surface area contributed by atoms with E-state index in [0.29, 0.717) is 29.0 Å². The van der Waals surface area contributed by atoms with Crippen molar-refractivity contribution in [3.05, 3.63) is 92.2 Å². The second kappa shape index (κ2) is 9.80. The van der Waals surface area contributed by atoms with Crippen LogP contribution in [0.2, 0.25) is 0 Å². The first-order valence-electron chi connectivity index (χ1n) is 10.7. The fourth-order valence-electron chi connectivity index (χ4n) is 3.79. The quantitative estimate of drug-likeness (QED) is 0.380. The number of carbonyl (C=O) groups is 2. The number of carbonyl (C=O) groups excluding carboxylic acids is 2. The van der Waals surface area contributed by atoms with Crippen LogP contribution in [0.5, 0.6) is 0 Å². The van der Waals surface area contributed by atoms with Crippen LogP contribution >= 0.6 is 23.1 Å². The van der Waals surface area contributed by atoms with Gasteiger partial charge in [-0.1, -0.05) is 42.1 Å². The van der Waals surface area contributed by atoms with Gasteiger partial charge in [0.05, 0.1) is 23.6 Å². The maximum atomic E-state index is 13.3. The number of thioether (sulfide) groups is 1. The van der Waals surface area contributed by atoms with Gasteiger partial charge in [0.1, 0.15) is 11.9 Å². The van der Waals surface area contributed by atoms with Crippen molar-refractivity contribution in [1.29, 1.82) is 0 Å². The number of nitro benzene ring substituents is 1. The number of nitrogens with one attached hydrogen (secondary N) is 1. The predicted molar refractivity (Wildman–Crippen MR) is 136 cm³/mol. The summed E-state index contributed by atoms with van der Waals surface area (Å²) in [4.78, 5) is 48.3. The molecule has 1 N–H and O–H groups in total. The summed E-state index contributed by atoms with van der Waals surface area (Å²) in [7, 11) is 0. The zero-order chi connectivity index (χ0) is 24.4. The first kappa shape index (κ1) is 22.9.